The van der Waals surface area contributed by atoms with Gasteiger partial charge in [-0.15, -0.1) is 0 Å². The Morgan fingerprint density at radius 2 is 1.50 bits per heavy atom. The van der Waals surface area contributed by atoms with Crippen LogP contribution in [0.25, 0.3) is 11.4 Å². The average molecular weight is 358 g/mol. The summed E-state index contributed by atoms with van der Waals surface area (Å²) >= 11 is 0. The van der Waals surface area contributed by atoms with Crippen LogP contribution in [0.5, 0.6) is 0 Å². The monoisotopic (exact) mass is 358 g/mol. The van der Waals surface area contributed by atoms with E-state index in [4.69, 9.17) is 0 Å². The van der Waals surface area contributed by atoms with Crippen molar-refractivity contribution in [2.45, 2.75) is 19.9 Å². The summed E-state index contributed by atoms with van der Waals surface area (Å²) in [6, 6.07) is 11.0. The first-order valence-electron chi connectivity index (χ1n) is 8.05. The van der Waals surface area contributed by atoms with E-state index in [0.29, 0.717) is 11.5 Å². The number of hydrogen-bond acceptors (Lipinski definition) is 4. The predicted octanol–water partition coefficient (Wildman–Crippen LogP) is 5.12. The predicted molar refractivity (Wildman–Crippen MR) is 95.8 cm³/mol. The Hall–Kier alpha value is -3.09. The Morgan fingerprint density at radius 3 is 2.15 bits per heavy atom. The van der Waals surface area contributed by atoms with E-state index in [0.717, 1.165) is 12.1 Å². The molecular formula is C19H17F3N4. The number of nitrogens with one attached hydrogen (secondary N) is 2. The molecule has 0 bridgehead atoms. The van der Waals surface area contributed by atoms with Crippen LogP contribution in [-0.4, -0.2) is 16.0 Å². The van der Waals surface area contributed by atoms with Gasteiger partial charge < -0.3 is 10.6 Å². The summed E-state index contributed by atoms with van der Waals surface area (Å²) in [6.45, 7) is 3.82. The van der Waals surface area contributed by atoms with E-state index in [2.05, 4.69) is 20.6 Å². The van der Waals surface area contributed by atoms with Gasteiger partial charge in [0.1, 0.15) is 29.1 Å². The van der Waals surface area contributed by atoms with Gasteiger partial charge in [-0.05, 0) is 44.2 Å². The molecule has 0 atom stereocenters. The highest BCUT2D eigenvalue weighted by Gasteiger charge is 2.16. The van der Waals surface area contributed by atoms with E-state index in [9.17, 15) is 13.2 Å². The van der Waals surface area contributed by atoms with Crippen molar-refractivity contribution in [3.63, 3.8) is 0 Å². The molecule has 0 aliphatic heterocycles. The Balaban J connectivity index is 2.07. The second kappa shape index (κ2) is 7.43. The minimum Gasteiger partial charge on any atom is -0.368 e. The Kier molecular flexibility index (Phi) is 5.06. The molecule has 4 nitrogen and oxygen atoms in total. The summed E-state index contributed by atoms with van der Waals surface area (Å²) in [5.41, 5.74) is 0.140. The molecule has 0 spiro atoms. The topological polar surface area (TPSA) is 49.8 Å². The van der Waals surface area contributed by atoms with Crippen LogP contribution in [0.3, 0.4) is 0 Å². The highest BCUT2D eigenvalue weighted by molar-refractivity contribution is 5.66. The van der Waals surface area contributed by atoms with E-state index in [1.807, 2.05) is 13.8 Å². The van der Waals surface area contributed by atoms with Crippen molar-refractivity contribution in [3.8, 4) is 11.4 Å². The van der Waals surface area contributed by atoms with Gasteiger partial charge in [-0.25, -0.2) is 23.1 Å². The molecule has 3 rings (SSSR count). The van der Waals surface area contributed by atoms with E-state index in [-0.39, 0.29) is 23.2 Å². The molecule has 2 aromatic carbocycles. The molecule has 3 aromatic rings. The van der Waals surface area contributed by atoms with Gasteiger partial charge in [-0.1, -0.05) is 12.1 Å². The quantitative estimate of drug-likeness (QED) is 0.664. The van der Waals surface area contributed by atoms with Crippen molar-refractivity contribution in [1.82, 2.24) is 9.97 Å². The number of nitrogens with zero attached hydrogens (tertiary/aromatic N) is 2. The van der Waals surface area contributed by atoms with Gasteiger partial charge in [0.15, 0.2) is 5.82 Å². The van der Waals surface area contributed by atoms with Crippen molar-refractivity contribution in [3.05, 3.63) is 66.0 Å². The molecule has 0 aliphatic carbocycles. The maximum atomic E-state index is 14.1. The maximum absolute atomic E-state index is 14.1. The van der Waals surface area contributed by atoms with Crippen LogP contribution in [0.4, 0.5) is 30.5 Å². The van der Waals surface area contributed by atoms with Crippen molar-refractivity contribution < 1.29 is 13.2 Å². The molecule has 0 fully saturated rings. The number of aromatic nitrogens is 2. The number of hydrogen-bond donors (Lipinski definition) is 2. The summed E-state index contributed by atoms with van der Waals surface area (Å²) in [7, 11) is 0. The summed E-state index contributed by atoms with van der Waals surface area (Å²) in [5.74, 6) is -1.36. The van der Waals surface area contributed by atoms with Crippen LogP contribution in [-0.2, 0) is 0 Å². The van der Waals surface area contributed by atoms with Gasteiger partial charge in [-0.2, -0.15) is 0 Å². The zero-order chi connectivity index (χ0) is 18.7. The Bertz CT molecular complexity index is 908. The normalized spacial score (nSPS) is 10.8. The first-order valence-corrected chi connectivity index (χ1v) is 8.05. The highest BCUT2D eigenvalue weighted by Crippen LogP contribution is 2.27. The fourth-order valence-electron chi connectivity index (χ4n) is 2.42. The summed E-state index contributed by atoms with van der Waals surface area (Å²) in [6.07, 6.45) is 0. The lowest BCUT2D eigenvalue weighted by molar-refractivity contribution is 0.587. The first-order chi connectivity index (χ1) is 12.4. The number of anilines is 3. The summed E-state index contributed by atoms with van der Waals surface area (Å²) in [5, 5.41) is 6.01. The molecule has 0 unspecified atom stereocenters. The number of benzene rings is 2. The molecule has 134 valence electrons. The van der Waals surface area contributed by atoms with E-state index in [1.54, 1.807) is 18.2 Å². The van der Waals surface area contributed by atoms with E-state index < -0.39 is 17.5 Å². The molecule has 2 N–H and O–H groups in total. The SMILES string of the molecule is CC(C)Nc1cc(Nc2cccc(F)c2)nc(-c2c(F)cccc2F)n1. The van der Waals surface area contributed by atoms with E-state index >= 15 is 0 Å². The number of halogens is 3. The second-order valence-electron chi connectivity index (χ2n) is 5.99. The Labute approximate surface area is 149 Å². The molecule has 0 amide bonds. The maximum Gasteiger partial charge on any atom is 0.169 e. The molecule has 1 aromatic heterocycles. The lowest BCUT2D eigenvalue weighted by Crippen LogP contribution is -2.12. The van der Waals surface area contributed by atoms with Crippen LogP contribution < -0.4 is 10.6 Å². The van der Waals surface area contributed by atoms with Crippen molar-refractivity contribution in [1.29, 1.82) is 0 Å². The molecule has 0 saturated carbocycles. The zero-order valence-electron chi connectivity index (χ0n) is 14.2. The molecular weight excluding hydrogens is 341 g/mol. The van der Waals surface area contributed by atoms with Crippen LogP contribution in [0.2, 0.25) is 0 Å². The van der Waals surface area contributed by atoms with Gasteiger partial charge in [0.2, 0.25) is 0 Å². The highest BCUT2D eigenvalue weighted by atomic mass is 19.1. The lowest BCUT2D eigenvalue weighted by Gasteiger charge is -2.14. The minimum atomic E-state index is -0.761. The zero-order valence-corrected chi connectivity index (χ0v) is 14.2. The fraction of sp³-hybridized carbons (Fsp3) is 0.158. The third-order valence-electron chi connectivity index (χ3n) is 3.45. The molecule has 1 heterocycles. The first kappa shape index (κ1) is 17.7. The van der Waals surface area contributed by atoms with Gasteiger partial charge >= 0.3 is 0 Å². The average Bonchev–Trinajstić information content (AvgIpc) is 2.54. The van der Waals surface area contributed by atoms with Crippen LogP contribution in [0.1, 0.15) is 13.8 Å². The third-order valence-corrected chi connectivity index (χ3v) is 3.45. The van der Waals surface area contributed by atoms with Crippen molar-refractivity contribution in [2.75, 3.05) is 10.6 Å². The Morgan fingerprint density at radius 1 is 0.846 bits per heavy atom. The van der Waals surface area contributed by atoms with Crippen molar-refractivity contribution >= 4 is 17.3 Å². The smallest absolute Gasteiger partial charge is 0.169 e. The largest absolute Gasteiger partial charge is 0.368 e. The fourth-order valence-corrected chi connectivity index (χ4v) is 2.42. The lowest BCUT2D eigenvalue weighted by atomic mass is 10.2. The molecule has 7 heteroatoms. The van der Waals surface area contributed by atoms with Gasteiger partial charge in [0.05, 0.1) is 5.56 Å². The van der Waals surface area contributed by atoms with Gasteiger partial charge in [0.25, 0.3) is 0 Å². The van der Waals surface area contributed by atoms with Gasteiger partial charge in [-0.3, -0.25) is 0 Å². The van der Waals surface area contributed by atoms with Gasteiger partial charge in [0, 0.05) is 17.8 Å². The molecule has 0 radical (unpaired) electrons. The summed E-state index contributed by atoms with van der Waals surface area (Å²) < 4.78 is 41.7. The van der Waals surface area contributed by atoms with Crippen LogP contribution in [0.15, 0.2) is 48.5 Å². The van der Waals surface area contributed by atoms with Crippen LogP contribution in [0, 0.1) is 17.5 Å². The van der Waals surface area contributed by atoms with Crippen LogP contribution >= 0.6 is 0 Å². The van der Waals surface area contributed by atoms with Crippen molar-refractivity contribution in [2.24, 2.45) is 0 Å². The minimum absolute atomic E-state index is 0.0465. The summed E-state index contributed by atoms with van der Waals surface area (Å²) in [4.78, 5) is 8.40. The second-order valence-corrected chi connectivity index (χ2v) is 5.99. The molecule has 0 saturated heterocycles. The number of rotatable bonds is 5. The van der Waals surface area contributed by atoms with E-state index in [1.165, 1.54) is 18.2 Å². The molecule has 0 aliphatic rings. The standard InChI is InChI=1S/C19H17F3N4/c1-11(2)23-16-10-17(24-13-6-3-5-12(20)9-13)26-19(25-16)18-14(21)7-4-8-15(18)22/h3-11H,1-2H3,(H2,23,24,25,26). The molecule has 26 heavy (non-hydrogen) atoms. The third kappa shape index (κ3) is 4.11.